The zero-order chi connectivity index (χ0) is 19.1. The number of carbonyl (C=O) groups excluding carboxylic acids is 1. The highest BCUT2D eigenvalue weighted by molar-refractivity contribution is 9.10. The Balaban J connectivity index is 1.68. The lowest BCUT2D eigenvalue weighted by Crippen LogP contribution is -2.14. The van der Waals surface area contributed by atoms with Crippen LogP contribution >= 0.6 is 15.9 Å². The lowest BCUT2D eigenvalue weighted by atomic mass is 10.2. The average molecular weight is 438 g/mol. The number of rotatable bonds is 5. The molecule has 10 heteroatoms. The molecule has 0 aromatic carbocycles. The van der Waals surface area contributed by atoms with E-state index in [4.69, 9.17) is 4.74 Å². The predicted octanol–water partition coefficient (Wildman–Crippen LogP) is 4.20. The number of carbonyl (C=O) groups is 1. The van der Waals surface area contributed by atoms with Gasteiger partial charge in [-0.05, 0) is 34.8 Å². The van der Waals surface area contributed by atoms with Crippen molar-refractivity contribution in [1.82, 2.24) is 19.5 Å². The van der Waals surface area contributed by atoms with Crippen molar-refractivity contribution in [2.45, 2.75) is 19.3 Å². The quantitative estimate of drug-likeness (QED) is 0.646. The Morgan fingerprint density at radius 2 is 2.19 bits per heavy atom. The summed E-state index contributed by atoms with van der Waals surface area (Å²) in [6.07, 6.45) is 1.60. The molecule has 3 aromatic heterocycles. The third kappa shape index (κ3) is 3.48. The minimum absolute atomic E-state index is 0.0247. The Bertz CT molecular complexity index is 1040. The fourth-order valence-corrected chi connectivity index (χ4v) is 3.04. The van der Waals surface area contributed by atoms with Gasteiger partial charge in [-0.3, -0.25) is 4.79 Å². The molecule has 1 amide bonds. The predicted molar refractivity (Wildman–Crippen MR) is 96.8 cm³/mol. The van der Waals surface area contributed by atoms with Gasteiger partial charge in [0.05, 0.1) is 11.8 Å². The van der Waals surface area contributed by atoms with E-state index in [0.717, 1.165) is 12.8 Å². The molecule has 0 spiro atoms. The summed E-state index contributed by atoms with van der Waals surface area (Å²) in [7, 11) is 1.61. The molecule has 1 saturated carbocycles. The summed E-state index contributed by atoms with van der Waals surface area (Å²) in [5, 5.41) is 2.70. The summed E-state index contributed by atoms with van der Waals surface area (Å²) < 4.78 is 35.0. The van der Waals surface area contributed by atoms with Crippen LogP contribution in [0.4, 0.5) is 14.6 Å². The molecule has 140 valence electrons. The zero-order valence-corrected chi connectivity index (χ0v) is 15.7. The lowest BCUT2D eigenvalue weighted by Gasteiger charge is -2.13. The first kappa shape index (κ1) is 17.8. The second-order valence-electron chi connectivity index (χ2n) is 6.19. The summed E-state index contributed by atoms with van der Waals surface area (Å²) in [6, 6.07) is 3.00. The lowest BCUT2D eigenvalue weighted by molar-refractivity contribution is -0.117. The van der Waals surface area contributed by atoms with E-state index in [1.807, 2.05) is 0 Å². The number of alkyl halides is 2. The number of hydrogen-bond donors (Lipinski definition) is 1. The maximum Gasteiger partial charge on any atom is 0.269 e. The molecule has 0 bridgehead atoms. The van der Waals surface area contributed by atoms with Crippen molar-refractivity contribution in [2.24, 2.45) is 13.0 Å². The van der Waals surface area contributed by atoms with Gasteiger partial charge in [-0.1, -0.05) is 0 Å². The van der Waals surface area contributed by atoms with Crippen LogP contribution in [0.1, 0.15) is 24.8 Å². The molecule has 27 heavy (non-hydrogen) atoms. The number of imidazole rings is 1. The van der Waals surface area contributed by atoms with E-state index in [0.29, 0.717) is 10.6 Å². The molecule has 1 aliphatic carbocycles. The third-order valence-corrected chi connectivity index (χ3v) is 4.93. The van der Waals surface area contributed by atoms with Crippen LogP contribution < -0.4 is 10.1 Å². The second kappa shape index (κ2) is 6.84. The number of nitrogens with zero attached hydrogens (tertiary/aromatic N) is 4. The molecule has 0 aliphatic heterocycles. The number of nitrogens with one attached hydrogen (secondary N) is 1. The van der Waals surface area contributed by atoms with Crippen LogP contribution in [0.2, 0.25) is 0 Å². The van der Waals surface area contributed by atoms with Gasteiger partial charge in [0.15, 0.2) is 16.1 Å². The summed E-state index contributed by atoms with van der Waals surface area (Å²) in [5.41, 5.74) is 0.0749. The van der Waals surface area contributed by atoms with Crippen molar-refractivity contribution < 1.29 is 18.3 Å². The molecule has 4 rings (SSSR count). The monoisotopic (exact) mass is 437 g/mol. The summed E-state index contributed by atoms with van der Waals surface area (Å²) >= 11 is 3.21. The zero-order valence-electron chi connectivity index (χ0n) is 14.1. The van der Waals surface area contributed by atoms with Gasteiger partial charge < -0.3 is 14.6 Å². The number of amides is 1. The molecule has 1 fully saturated rings. The maximum atomic E-state index is 13.8. The highest BCUT2D eigenvalue weighted by atomic mass is 79.9. The van der Waals surface area contributed by atoms with Crippen molar-refractivity contribution in [3.8, 4) is 11.5 Å². The number of aromatic nitrogens is 4. The molecule has 1 aliphatic rings. The largest absolute Gasteiger partial charge is 0.455 e. The molecule has 0 saturated heterocycles. The van der Waals surface area contributed by atoms with Crippen LogP contribution in [0.5, 0.6) is 11.5 Å². The van der Waals surface area contributed by atoms with Crippen molar-refractivity contribution in [2.75, 3.05) is 5.32 Å². The number of hydrogen-bond acceptors (Lipinski definition) is 5. The minimum Gasteiger partial charge on any atom is -0.455 e. The van der Waals surface area contributed by atoms with E-state index in [1.54, 1.807) is 7.05 Å². The van der Waals surface area contributed by atoms with Gasteiger partial charge in [0.25, 0.3) is 6.43 Å². The average Bonchev–Trinajstić information content (AvgIpc) is 3.43. The van der Waals surface area contributed by atoms with Gasteiger partial charge in [-0.25, -0.2) is 23.7 Å². The Labute approximate surface area is 160 Å². The fraction of sp³-hybridized carbons (Fsp3) is 0.294. The Morgan fingerprint density at radius 3 is 2.89 bits per heavy atom. The van der Waals surface area contributed by atoms with E-state index in [2.05, 4.69) is 36.2 Å². The van der Waals surface area contributed by atoms with Gasteiger partial charge in [0.2, 0.25) is 5.91 Å². The molecule has 3 heterocycles. The van der Waals surface area contributed by atoms with E-state index >= 15 is 0 Å². The van der Waals surface area contributed by atoms with Crippen molar-refractivity contribution in [3.05, 3.63) is 34.8 Å². The van der Waals surface area contributed by atoms with E-state index in [-0.39, 0.29) is 40.1 Å². The van der Waals surface area contributed by atoms with Crippen LogP contribution in [0.3, 0.4) is 0 Å². The van der Waals surface area contributed by atoms with E-state index in [1.165, 1.54) is 29.1 Å². The second-order valence-corrected chi connectivity index (χ2v) is 6.90. The summed E-state index contributed by atoms with van der Waals surface area (Å²) in [6.45, 7) is 0. The van der Waals surface area contributed by atoms with Crippen molar-refractivity contribution in [1.29, 1.82) is 0 Å². The highest BCUT2D eigenvalue weighted by Gasteiger charge is 2.30. The van der Waals surface area contributed by atoms with Gasteiger partial charge in [-0.15, -0.1) is 0 Å². The molecular formula is C17H14BrF2N5O2. The molecule has 3 aromatic rings. The molecule has 0 atom stereocenters. The number of pyridine rings is 2. The Kier molecular flexibility index (Phi) is 4.50. The van der Waals surface area contributed by atoms with Crippen molar-refractivity contribution in [3.63, 3.8) is 0 Å². The SMILES string of the molecule is Cn1c(Br)nc2ncc(Oc3ccnc(NC(=O)C4CC4)c3)c(C(F)F)c21. The van der Waals surface area contributed by atoms with Gasteiger partial charge in [0, 0.05) is 25.2 Å². The number of anilines is 1. The first-order valence-corrected chi connectivity index (χ1v) is 8.97. The van der Waals surface area contributed by atoms with Gasteiger partial charge in [0.1, 0.15) is 17.1 Å². The topological polar surface area (TPSA) is 81.9 Å². The van der Waals surface area contributed by atoms with Gasteiger partial charge >= 0.3 is 0 Å². The smallest absolute Gasteiger partial charge is 0.269 e. The highest BCUT2D eigenvalue weighted by Crippen LogP contribution is 2.38. The molecule has 1 N–H and O–H groups in total. The van der Waals surface area contributed by atoms with Crippen LogP contribution in [0, 0.1) is 5.92 Å². The van der Waals surface area contributed by atoms with Crippen LogP contribution in [-0.2, 0) is 11.8 Å². The molecule has 0 radical (unpaired) electrons. The molecule has 0 unspecified atom stereocenters. The normalized spacial score (nSPS) is 14.0. The molecular weight excluding hydrogens is 424 g/mol. The minimum atomic E-state index is -2.79. The Morgan fingerprint density at radius 1 is 1.41 bits per heavy atom. The van der Waals surface area contributed by atoms with Crippen LogP contribution in [0.25, 0.3) is 11.2 Å². The number of ether oxygens (including phenoxy) is 1. The van der Waals surface area contributed by atoms with E-state index < -0.39 is 6.43 Å². The van der Waals surface area contributed by atoms with Gasteiger partial charge in [-0.2, -0.15) is 0 Å². The van der Waals surface area contributed by atoms with Crippen molar-refractivity contribution >= 4 is 38.8 Å². The van der Waals surface area contributed by atoms with E-state index in [9.17, 15) is 13.6 Å². The number of aryl methyl sites for hydroxylation is 1. The van der Waals surface area contributed by atoms with Crippen LogP contribution in [-0.4, -0.2) is 25.4 Å². The number of fused-ring (bicyclic) bond motifs is 1. The first-order chi connectivity index (χ1) is 12.9. The Hall–Kier alpha value is -2.62. The fourth-order valence-electron chi connectivity index (χ4n) is 2.69. The summed E-state index contributed by atoms with van der Waals surface area (Å²) in [5.74, 6) is 0.409. The molecule has 7 nitrogen and oxygen atoms in total. The first-order valence-electron chi connectivity index (χ1n) is 8.17. The standard InChI is InChI=1S/C17H14BrF2N5O2/c1-25-13-12(14(19)20)10(7-22-15(13)24-17(25)18)27-9-4-5-21-11(6-9)23-16(26)8-2-3-8/h4-8,14H,2-3H2,1H3,(H,21,23,26). The third-order valence-electron chi connectivity index (χ3n) is 4.22. The van der Waals surface area contributed by atoms with Crippen LogP contribution in [0.15, 0.2) is 29.3 Å². The summed E-state index contributed by atoms with van der Waals surface area (Å²) in [4.78, 5) is 24.1. The maximum absolute atomic E-state index is 13.8. The number of halogens is 3.